The zero-order chi connectivity index (χ0) is 70.1. The highest BCUT2D eigenvalue weighted by Crippen LogP contribution is 2.36. The number of hydrogen-bond donors (Lipinski definition) is 4. The van der Waals surface area contributed by atoms with Gasteiger partial charge in [-0.25, -0.2) is 8.78 Å². The first-order valence-electron chi connectivity index (χ1n) is 32.3. The van der Waals surface area contributed by atoms with Crippen LogP contribution < -0.4 is 21.7 Å². The van der Waals surface area contributed by atoms with Gasteiger partial charge in [-0.15, -0.1) is 0 Å². The highest BCUT2D eigenvalue weighted by Gasteiger charge is 2.49. The Morgan fingerprint density at radius 3 is 1.76 bits per heavy atom. The number of aryl methyl sites for hydroxylation is 1. The number of rotatable bonds is 32. The number of likely N-dealkylation sites (N-methyl/N-ethyl adjacent to an activating group) is 7. The second-order valence-corrected chi connectivity index (χ2v) is 25.9. The quantitative estimate of drug-likeness (QED) is 0.0753. The van der Waals surface area contributed by atoms with E-state index < -0.39 is 175 Å². The lowest BCUT2D eigenvalue weighted by molar-refractivity contribution is -0.150. The van der Waals surface area contributed by atoms with Gasteiger partial charge >= 0.3 is 6.18 Å². The maximum atomic E-state index is 14.9. The summed E-state index contributed by atoms with van der Waals surface area (Å²) in [5.41, 5.74) is 1.61. The minimum Gasteiger partial charge on any atom is -0.368 e. The van der Waals surface area contributed by atoms with Gasteiger partial charge < -0.3 is 60.9 Å². The molecule has 2 saturated carbocycles. The lowest BCUT2D eigenvalue weighted by Crippen LogP contribution is -2.65. The summed E-state index contributed by atoms with van der Waals surface area (Å²) in [6, 6.07) is -6.53. The van der Waals surface area contributed by atoms with E-state index in [1.165, 1.54) is 61.9 Å². The first-order chi connectivity index (χ1) is 43.4. The molecule has 1 aromatic rings. The minimum absolute atomic E-state index is 0.000669. The average molecular weight is 1320 g/mol. The van der Waals surface area contributed by atoms with E-state index in [1.807, 2.05) is 27.7 Å². The molecular formula is C64H99F5N12O12. The van der Waals surface area contributed by atoms with Crippen molar-refractivity contribution < 1.29 is 79.5 Å². The Morgan fingerprint density at radius 2 is 1.24 bits per heavy atom. The first kappa shape index (κ1) is 78.0. The van der Waals surface area contributed by atoms with Gasteiger partial charge in [0.2, 0.25) is 70.9 Å². The molecule has 93 heavy (non-hydrogen) atoms. The molecule has 29 heteroatoms. The molecule has 12 amide bonds. The number of primary amides is 1. The van der Waals surface area contributed by atoms with Crippen molar-refractivity contribution in [2.24, 2.45) is 23.5 Å². The zero-order valence-electron chi connectivity index (χ0n) is 56.4. The maximum Gasteiger partial charge on any atom is 0.422 e. The van der Waals surface area contributed by atoms with Crippen LogP contribution in [0, 0.1) is 29.4 Å². The Balaban J connectivity index is 1.58. The lowest BCUT2D eigenvalue weighted by atomic mass is 9.91. The van der Waals surface area contributed by atoms with E-state index in [-0.39, 0.29) is 81.5 Å². The van der Waals surface area contributed by atoms with Crippen LogP contribution in [-0.2, 0) is 70.1 Å². The van der Waals surface area contributed by atoms with Gasteiger partial charge in [0.05, 0.1) is 26.1 Å². The molecule has 1 aliphatic heterocycles. The highest BCUT2D eigenvalue weighted by atomic mass is 19.4. The van der Waals surface area contributed by atoms with E-state index in [0.29, 0.717) is 37.8 Å². The molecule has 1 heterocycles. The molecular weight excluding hydrogens is 1220 g/mol. The molecule has 522 valence electrons. The van der Waals surface area contributed by atoms with Crippen LogP contribution in [-0.4, -0.2) is 233 Å². The summed E-state index contributed by atoms with van der Waals surface area (Å²) in [6.45, 7) is 10.7. The third-order valence-electron chi connectivity index (χ3n) is 18.5. The number of likely N-dealkylation sites (tertiary alicyclic amines) is 1. The molecule has 0 aromatic heterocycles. The summed E-state index contributed by atoms with van der Waals surface area (Å²) < 4.78 is 70.6. The van der Waals surface area contributed by atoms with Crippen LogP contribution in [0.5, 0.6) is 0 Å². The average Bonchev–Trinajstić information content (AvgIpc) is 1.82. The van der Waals surface area contributed by atoms with Gasteiger partial charge in [0.15, 0.2) is 0 Å². The van der Waals surface area contributed by atoms with Crippen molar-refractivity contribution in [2.45, 2.75) is 199 Å². The Morgan fingerprint density at radius 1 is 0.667 bits per heavy atom. The molecule has 0 unspecified atom stereocenters. The van der Waals surface area contributed by atoms with Crippen molar-refractivity contribution in [1.29, 1.82) is 0 Å². The van der Waals surface area contributed by atoms with Gasteiger partial charge in [0.1, 0.15) is 59.0 Å². The van der Waals surface area contributed by atoms with Crippen molar-refractivity contribution >= 4 is 70.9 Å². The third-order valence-corrected chi connectivity index (χ3v) is 18.5. The van der Waals surface area contributed by atoms with Crippen molar-refractivity contribution in [3.8, 4) is 0 Å². The number of halogens is 5. The fourth-order valence-corrected chi connectivity index (χ4v) is 12.3. The first-order valence-corrected chi connectivity index (χ1v) is 32.3. The van der Waals surface area contributed by atoms with Gasteiger partial charge in [0, 0.05) is 68.3 Å². The monoisotopic (exact) mass is 1320 g/mol. The number of amides is 12. The van der Waals surface area contributed by atoms with Gasteiger partial charge in [0.25, 0.3) is 0 Å². The Hall–Kier alpha value is -7.49. The van der Waals surface area contributed by atoms with Crippen LogP contribution in [0.4, 0.5) is 22.0 Å². The summed E-state index contributed by atoms with van der Waals surface area (Å²) >= 11 is 0. The number of hydrogen-bond acceptors (Lipinski definition) is 12. The number of carbonyl (C=O) groups is 12. The molecule has 7 atom stereocenters. The number of alkyl halides is 3. The largest absolute Gasteiger partial charge is 0.422 e. The van der Waals surface area contributed by atoms with E-state index in [4.69, 9.17) is 5.73 Å². The van der Waals surface area contributed by atoms with Gasteiger partial charge in [-0.3, -0.25) is 57.5 Å². The van der Waals surface area contributed by atoms with E-state index in [0.717, 1.165) is 38.9 Å². The van der Waals surface area contributed by atoms with Gasteiger partial charge in [-0.2, -0.15) is 13.2 Å². The minimum atomic E-state index is -5.39. The fraction of sp³-hybridized carbons (Fsp3) is 0.719. The molecule has 3 fully saturated rings. The number of benzene rings is 1. The fourth-order valence-electron chi connectivity index (χ4n) is 12.3. The van der Waals surface area contributed by atoms with E-state index in [9.17, 15) is 79.5 Å². The maximum absolute atomic E-state index is 14.9. The van der Waals surface area contributed by atoms with Gasteiger partial charge in [-0.05, 0) is 114 Å². The molecule has 24 nitrogen and oxygen atoms in total. The summed E-state index contributed by atoms with van der Waals surface area (Å²) in [6.07, 6.45) is -1.76. The number of nitrogens with two attached hydrogens (primary N) is 1. The SMILES string of the molecule is CC[C@H](C)CC(=O)N(C)[C@@H](C)C(=O)N(CC)CC(=O)N(CC)CC(=O)N(C)CC(=O)N[C@@H](CCc1cc(F)c(C(F)(F)F)c(F)c1)C(=O)N1CCC[C@H]1C(=O)NC1(C(=O)N[C@H](C(=O)N(C)[C@@H](CC(=O)N(C)[C@@H](CC(C)C)C(N)=O)C(=O)N(C)C)C2CCCC2)CCCC1. The second kappa shape index (κ2) is 34.6. The molecule has 1 aromatic carbocycles. The van der Waals surface area contributed by atoms with E-state index in [1.54, 1.807) is 20.8 Å². The van der Waals surface area contributed by atoms with Crippen LogP contribution in [0.3, 0.4) is 0 Å². The molecule has 5 N–H and O–H groups in total. The summed E-state index contributed by atoms with van der Waals surface area (Å²) in [4.78, 5) is 177. The standard InChI is InChI=1S/C64H99F5N12O12/c1-14-39(6)31-50(83)76(11)40(7)58(89)80(16-3)37-53(86)79(15-2)36-52(85)75(10)35-49(82)71-45(26-25-41-32-43(65)54(44(66)33-41)64(67,68)69)59(90)81-29-21-24-46(81)57(88)73-63(27-19-20-28-63)62(93)72-55(42-22-17-18-23-42)61(92)78(13)48(60(91)74(8)9)34-51(84)77(12)47(56(70)87)30-38(4)5/h32-33,38-40,42,45-48,55H,14-31,34-37H2,1-13H3,(H2,70,87)(H,71,82)(H,72,93)(H,73,88)/t39-,40-,45-,46-,47-,48-,55-/m0/s1. The molecule has 3 aliphatic rings. The Kier molecular flexibility index (Phi) is 29.0. The van der Waals surface area contributed by atoms with Crippen molar-refractivity contribution in [3.63, 3.8) is 0 Å². The Bertz CT molecular complexity index is 2840. The summed E-state index contributed by atoms with van der Waals surface area (Å²) in [7, 11) is 8.40. The molecule has 4 rings (SSSR count). The number of carbonyl (C=O) groups excluding carboxylic acids is 12. The van der Waals surface area contributed by atoms with Crippen LogP contribution in [0.25, 0.3) is 0 Å². The normalized spacial score (nSPS) is 17.5. The summed E-state index contributed by atoms with van der Waals surface area (Å²) in [5, 5.41) is 8.36. The van der Waals surface area contributed by atoms with Crippen LogP contribution in [0.1, 0.15) is 156 Å². The van der Waals surface area contributed by atoms with Crippen molar-refractivity contribution in [1.82, 2.24) is 55.1 Å². The molecule has 0 bridgehead atoms. The molecule has 2 aliphatic carbocycles. The van der Waals surface area contributed by atoms with Crippen LogP contribution in [0.2, 0.25) is 0 Å². The van der Waals surface area contributed by atoms with Crippen LogP contribution >= 0.6 is 0 Å². The predicted octanol–water partition coefficient (Wildman–Crippen LogP) is 3.60. The number of nitrogens with one attached hydrogen (secondary N) is 3. The van der Waals surface area contributed by atoms with Crippen molar-refractivity contribution in [3.05, 3.63) is 34.9 Å². The molecule has 1 saturated heterocycles. The van der Waals surface area contributed by atoms with Gasteiger partial charge in [-0.1, -0.05) is 59.8 Å². The topological polar surface area (TPSA) is 293 Å². The second-order valence-electron chi connectivity index (χ2n) is 25.9. The predicted molar refractivity (Wildman–Crippen MR) is 333 cm³/mol. The third kappa shape index (κ3) is 20.8. The highest BCUT2D eigenvalue weighted by molar-refractivity contribution is 6.00. The van der Waals surface area contributed by atoms with Crippen LogP contribution in [0.15, 0.2) is 12.1 Å². The Labute approximate surface area is 542 Å². The van der Waals surface area contributed by atoms with E-state index in [2.05, 4.69) is 16.0 Å². The van der Waals surface area contributed by atoms with Crippen molar-refractivity contribution in [2.75, 3.05) is 81.6 Å². The lowest BCUT2D eigenvalue weighted by Gasteiger charge is -2.37. The smallest absolute Gasteiger partial charge is 0.368 e. The molecule has 0 spiro atoms. The van der Waals surface area contributed by atoms with E-state index >= 15 is 0 Å². The zero-order valence-corrected chi connectivity index (χ0v) is 56.4. The molecule has 0 radical (unpaired) electrons. The number of nitrogens with zero attached hydrogens (tertiary/aromatic N) is 8. The summed E-state index contributed by atoms with van der Waals surface area (Å²) in [5.74, 6) is -12.3.